The Morgan fingerprint density at radius 2 is 2.00 bits per heavy atom. The van der Waals surface area contributed by atoms with Crippen LogP contribution in [0, 0.1) is 0 Å². The molecule has 0 unspecified atom stereocenters. The number of carbonyl (C=O) groups is 1. The summed E-state index contributed by atoms with van der Waals surface area (Å²) >= 11 is 13.7. The van der Waals surface area contributed by atoms with Gasteiger partial charge in [-0.15, -0.1) is 0 Å². The van der Waals surface area contributed by atoms with Crippen molar-refractivity contribution in [2.75, 3.05) is 50.8 Å². The number of hydrogen-bond donors (Lipinski definition) is 1. The van der Waals surface area contributed by atoms with Gasteiger partial charge in [-0.1, -0.05) is 40.6 Å². The summed E-state index contributed by atoms with van der Waals surface area (Å²) in [4.78, 5) is 21.8. The number of piperazine rings is 1. The first kappa shape index (κ1) is 22.1. The van der Waals surface area contributed by atoms with E-state index in [0.717, 1.165) is 53.8 Å². The van der Waals surface area contributed by atoms with Gasteiger partial charge in [0.25, 0.3) is 5.91 Å². The molecule has 3 aromatic rings. The summed E-state index contributed by atoms with van der Waals surface area (Å²) in [7, 11) is 0. The molecule has 2 heterocycles. The fourth-order valence-electron chi connectivity index (χ4n) is 3.58. The number of benzene rings is 2. The molecule has 0 radical (unpaired) electrons. The topological polar surface area (TPSA) is 57.7 Å². The molecule has 9 heteroatoms. The first-order chi connectivity index (χ1) is 15.0. The smallest absolute Gasteiger partial charge is 0.252 e. The van der Waals surface area contributed by atoms with Gasteiger partial charge in [0.1, 0.15) is 11.3 Å². The molecule has 1 fully saturated rings. The fraction of sp³-hybridized carbons (Fsp3) is 0.364. The average Bonchev–Trinajstić information content (AvgIpc) is 3.20. The molecule has 1 aliphatic rings. The lowest BCUT2D eigenvalue weighted by atomic mass is 10.2. The van der Waals surface area contributed by atoms with Crippen molar-refractivity contribution in [3.8, 4) is 5.75 Å². The van der Waals surface area contributed by atoms with Crippen molar-refractivity contribution in [3.05, 3.63) is 52.0 Å². The monoisotopic (exact) mass is 478 g/mol. The number of anilines is 1. The summed E-state index contributed by atoms with van der Waals surface area (Å²) in [5.74, 6) is 0.664. The summed E-state index contributed by atoms with van der Waals surface area (Å²) in [6.07, 6.45) is 0. The van der Waals surface area contributed by atoms with Crippen molar-refractivity contribution in [3.63, 3.8) is 0 Å². The number of carbonyl (C=O) groups excluding carboxylic acids is 1. The fourth-order valence-corrected chi connectivity index (χ4v) is 5.11. The number of fused-ring (bicyclic) bond motifs is 1. The van der Waals surface area contributed by atoms with E-state index < -0.39 is 0 Å². The third kappa shape index (κ3) is 5.23. The Morgan fingerprint density at radius 3 is 2.74 bits per heavy atom. The normalized spacial score (nSPS) is 14.7. The number of rotatable bonds is 7. The van der Waals surface area contributed by atoms with E-state index in [2.05, 4.69) is 21.2 Å². The maximum atomic E-state index is 12.3. The Kier molecular flexibility index (Phi) is 7.17. The van der Waals surface area contributed by atoms with E-state index in [9.17, 15) is 4.79 Å². The first-order valence-electron chi connectivity index (χ1n) is 10.3. The van der Waals surface area contributed by atoms with Gasteiger partial charge in [0.15, 0.2) is 5.13 Å². The second-order valence-electron chi connectivity index (χ2n) is 7.24. The molecule has 1 aromatic heterocycles. The quantitative estimate of drug-likeness (QED) is 0.539. The predicted molar refractivity (Wildman–Crippen MR) is 128 cm³/mol. The number of nitrogens with zero attached hydrogens (tertiary/aromatic N) is 3. The van der Waals surface area contributed by atoms with Gasteiger partial charge in [-0.3, -0.25) is 9.69 Å². The van der Waals surface area contributed by atoms with Gasteiger partial charge in [0.05, 0.1) is 21.9 Å². The highest BCUT2D eigenvalue weighted by Crippen LogP contribution is 2.34. The highest BCUT2D eigenvalue weighted by atomic mass is 35.5. The molecular weight excluding hydrogens is 455 g/mol. The van der Waals surface area contributed by atoms with Crippen LogP contribution < -0.4 is 15.0 Å². The van der Waals surface area contributed by atoms with Gasteiger partial charge in [-0.2, -0.15) is 0 Å². The molecule has 0 spiro atoms. The number of halogens is 2. The Hall–Kier alpha value is -2.06. The van der Waals surface area contributed by atoms with Crippen LogP contribution in [-0.2, 0) is 0 Å². The lowest BCUT2D eigenvalue weighted by Gasteiger charge is -2.34. The van der Waals surface area contributed by atoms with Crippen molar-refractivity contribution < 1.29 is 9.53 Å². The van der Waals surface area contributed by atoms with Crippen molar-refractivity contribution in [1.82, 2.24) is 15.2 Å². The summed E-state index contributed by atoms with van der Waals surface area (Å²) in [6.45, 7) is 7.62. The number of hydrogen-bond acceptors (Lipinski definition) is 6. The zero-order valence-electron chi connectivity index (χ0n) is 17.2. The molecular formula is C22H24Cl2N4O2S. The van der Waals surface area contributed by atoms with Crippen LogP contribution in [0.5, 0.6) is 5.75 Å². The molecule has 31 heavy (non-hydrogen) atoms. The van der Waals surface area contributed by atoms with E-state index in [0.29, 0.717) is 28.8 Å². The van der Waals surface area contributed by atoms with Crippen LogP contribution in [0.15, 0.2) is 36.4 Å². The molecule has 6 nitrogen and oxygen atoms in total. The van der Waals surface area contributed by atoms with Gasteiger partial charge in [0, 0.05) is 44.3 Å². The molecule has 0 saturated carbocycles. The summed E-state index contributed by atoms with van der Waals surface area (Å²) in [6, 6.07) is 11.0. The van der Waals surface area contributed by atoms with E-state index in [-0.39, 0.29) is 5.91 Å². The van der Waals surface area contributed by atoms with Crippen LogP contribution in [-0.4, -0.2) is 61.7 Å². The number of aromatic nitrogens is 1. The Labute approximate surface area is 195 Å². The molecule has 1 amide bonds. The number of amides is 1. The standard InChI is InChI=1S/C22H24Cl2N4O2S/c1-2-30-18-4-3-5-19-20(18)26-22(31-19)28-12-10-27(11-13-28)9-8-25-21(29)16-7-6-15(23)14-17(16)24/h3-7,14H,2,8-13H2,1H3,(H,25,29). The zero-order valence-corrected chi connectivity index (χ0v) is 19.6. The number of nitrogens with one attached hydrogen (secondary N) is 1. The van der Waals surface area contributed by atoms with Gasteiger partial charge >= 0.3 is 0 Å². The molecule has 4 rings (SSSR count). The number of thiazole rings is 1. The zero-order chi connectivity index (χ0) is 21.8. The lowest BCUT2D eigenvalue weighted by molar-refractivity contribution is 0.0948. The molecule has 2 aromatic carbocycles. The Morgan fingerprint density at radius 1 is 1.19 bits per heavy atom. The maximum Gasteiger partial charge on any atom is 0.252 e. The van der Waals surface area contributed by atoms with E-state index in [1.54, 1.807) is 29.5 Å². The van der Waals surface area contributed by atoms with Crippen LogP contribution in [0.2, 0.25) is 10.0 Å². The molecule has 0 bridgehead atoms. The van der Waals surface area contributed by atoms with Gasteiger partial charge < -0.3 is 15.0 Å². The second-order valence-corrected chi connectivity index (χ2v) is 9.09. The third-order valence-corrected chi connectivity index (χ3v) is 6.83. The largest absolute Gasteiger partial charge is 0.492 e. The van der Waals surface area contributed by atoms with Crippen LogP contribution in [0.4, 0.5) is 5.13 Å². The lowest BCUT2D eigenvalue weighted by Crippen LogP contribution is -2.48. The van der Waals surface area contributed by atoms with Crippen molar-refractivity contribution >= 4 is 55.8 Å². The third-order valence-electron chi connectivity index (χ3n) is 5.20. The molecule has 164 valence electrons. The first-order valence-corrected chi connectivity index (χ1v) is 11.9. The predicted octanol–water partition coefficient (Wildman–Crippen LogP) is 4.55. The molecule has 0 aliphatic carbocycles. The van der Waals surface area contributed by atoms with Crippen LogP contribution in [0.25, 0.3) is 10.2 Å². The van der Waals surface area contributed by atoms with E-state index in [1.807, 2.05) is 19.1 Å². The van der Waals surface area contributed by atoms with Crippen molar-refractivity contribution in [2.45, 2.75) is 6.92 Å². The average molecular weight is 479 g/mol. The van der Waals surface area contributed by atoms with Gasteiger partial charge in [0.2, 0.25) is 0 Å². The minimum Gasteiger partial charge on any atom is -0.492 e. The van der Waals surface area contributed by atoms with Crippen LogP contribution >= 0.6 is 34.5 Å². The molecule has 1 saturated heterocycles. The minimum absolute atomic E-state index is 0.181. The van der Waals surface area contributed by atoms with E-state index in [4.69, 9.17) is 32.9 Å². The SMILES string of the molecule is CCOc1cccc2sc(N3CCN(CCNC(=O)c4ccc(Cl)cc4Cl)CC3)nc12. The molecule has 0 atom stereocenters. The van der Waals surface area contributed by atoms with Crippen LogP contribution in [0.3, 0.4) is 0 Å². The van der Waals surface area contributed by atoms with Crippen LogP contribution in [0.1, 0.15) is 17.3 Å². The summed E-state index contributed by atoms with van der Waals surface area (Å²) in [5.41, 5.74) is 1.38. The van der Waals surface area contributed by atoms with E-state index in [1.165, 1.54) is 0 Å². The number of para-hydroxylation sites is 1. The Bertz CT molecular complexity index is 1070. The highest BCUT2D eigenvalue weighted by molar-refractivity contribution is 7.22. The molecule has 1 N–H and O–H groups in total. The number of ether oxygens (including phenoxy) is 1. The highest BCUT2D eigenvalue weighted by Gasteiger charge is 2.21. The molecule has 1 aliphatic heterocycles. The summed E-state index contributed by atoms with van der Waals surface area (Å²) < 4.78 is 6.86. The van der Waals surface area contributed by atoms with Gasteiger partial charge in [-0.05, 0) is 37.3 Å². The summed E-state index contributed by atoms with van der Waals surface area (Å²) in [5, 5.41) is 4.85. The van der Waals surface area contributed by atoms with Gasteiger partial charge in [-0.25, -0.2) is 4.98 Å². The van der Waals surface area contributed by atoms with Crippen molar-refractivity contribution in [1.29, 1.82) is 0 Å². The van der Waals surface area contributed by atoms with Crippen molar-refractivity contribution in [2.24, 2.45) is 0 Å². The minimum atomic E-state index is -0.181. The maximum absolute atomic E-state index is 12.3. The second kappa shape index (κ2) is 10.0. The van der Waals surface area contributed by atoms with E-state index >= 15 is 0 Å². The Balaban J connectivity index is 1.28.